The molecule has 0 aromatic heterocycles. The topological polar surface area (TPSA) is 58.6 Å². The SMILES string of the molecule is Cc1ccccc1CN(C(=O)COc1ccc(Cl)cc1Cl)[C@@H](C)C(=O)NC1CCCCC1. The predicted octanol–water partition coefficient (Wildman–Crippen LogP) is 5.55. The van der Waals surface area contributed by atoms with Gasteiger partial charge in [0.15, 0.2) is 6.61 Å². The Morgan fingerprint density at radius 2 is 1.84 bits per heavy atom. The third kappa shape index (κ3) is 6.63. The van der Waals surface area contributed by atoms with E-state index in [9.17, 15) is 9.59 Å². The lowest BCUT2D eigenvalue weighted by Gasteiger charge is -2.31. The molecule has 0 unspecified atom stereocenters. The maximum Gasteiger partial charge on any atom is 0.261 e. The molecule has 2 aromatic carbocycles. The summed E-state index contributed by atoms with van der Waals surface area (Å²) >= 11 is 12.1. The van der Waals surface area contributed by atoms with E-state index in [0.717, 1.165) is 36.8 Å². The summed E-state index contributed by atoms with van der Waals surface area (Å²) in [5, 5.41) is 3.96. The van der Waals surface area contributed by atoms with E-state index in [1.807, 2.05) is 31.2 Å². The van der Waals surface area contributed by atoms with Crippen molar-refractivity contribution >= 4 is 35.0 Å². The summed E-state index contributed by atoms with van der Waals surface area (Å²) in [4.78, 5) is 27.8. The van der Waals surface area contributed by atoms with Crippen molar-refractivity contribution in [2.45, 2.75) is 64.6 Å². The van der Waals surface area contributed by atoms with Gasteiger partial charge >= 0.3 is 0 Å². The van der Waals surface area contributed by atoms with Crippen LogP contribution < -0.4 is 10.1 Å². The van der Waals surface area contributed by atoms with Crippen LogP contribution in [0.1, 0.15) is 50.2 Å². The second-order valence-corrected chi connectivity index (χ2v) is 9.17. The zero-order valence-electron chi connectivity index (χ0n) is 18.6. The van der Waals surface area contributed by atoms with Gasteiger partial charge in [0, 0.05) is 17.6 Å². The van der Waals surface area contributed by atoms with Crippen LogP contribution in [0.3, 0.4) is 0 Å². The lowest BCUT2D eigenvalue weighted by atomic mass is 9.95. The van der Waals surface area contributed by atoms with Crippen molar-refractivity contribution in [3.05, 3.63) is 63.6 Å². The molecule has 5 nitrogen and oxygen atoms in total. The van der Waals surface area contributed by atoms with Gasteiger partial charge in [-0.1, -0.05) is 66.7 Å². The Labute approximate surface area is 200 Å². The van der Waals surface area contributed by atoms with Gasteiger partial charge in [-0.2, -0.15) is 0 Å². The number of hydrogen-bond donors (Lipinski definition) is 1. The average molecular weight is 477 g/mol. The van der Waals surface area contributed by atoms with Crippen LogP contribution >= 0.6 is 23.2 Å². The summed E-state index contributed by atoms with van der Waals surface area (Å²) in [5.41, 5.74) is 2.05. The molecule has 1 N–H and O–H groups in total. The molecule has 0 aliphatic heterocycles. The molecule has 1 aliphatic rings. The fourth-order valence-electron chi connectivity index (χ4n) is 3.94. The Balaban J connectivity index is 1.73. The van der Waals surface area contributed by atoms with E-state index in [2.05, 4.69) is 5.32 Å². The van der Waals surface area contributed by atoms with E-state index < -0.39 is 6.04 Å². The Morgan fingerprint density at radius 1 is 1.12 bits per heavy atom. The predicted molar refractivity (Wildman–Crippen MR) is 128 cm³/mol. The summed E-state index contributed by atoms with van der Waals surface area (Å²) in [5.74, 6) is -0.0477. The first-order valence-electron chi connectivity index (χ1n) is 11.1. The molecule has 0 heterocycles. The number of aryl methyl sites for hydroxylation is 1. The zero-order valence-corrected chi connectivity index (χ0v) is 20.1. The first-order valence-corrected chi connectivity index (χ1v) is 11.8. The monoisotopic (exact) mass is 476 g/mol. The van der Waals surface area contributed by atoms with Gasteiger partial charge in [0.05, 0.1) is 5.02 Å². The summed E-state index contributed by atoms with van der Waals surface area (Å²) in [6, 6.07) is 12.2. The van der Waals surface area contributed by atoms with Crippen LogP contribution in [0.15, 0.2) is 42.5 Å². The highest BCUT2D eigenvalue weighted by atomic mass is 35.5. The molecule has 0 saturated heterocycles. The minimum absolute atomic E-state index is 0.136. The number of ether oxygens (including phenoxy) is 1. The number of nitrogens with zero attached hydrogens (tertiary/aromatic N) is 1. The van der Waals surface area contributed by atoms with Gasteiger partial charge in [0.1, 0.15) is 11.8 Å². The van der Waals surface area contributed by atoms with Crippen molar-refractivity contribution in [2.24, 2.45) is 0 Å². The molecule has 3 rings (SSSR count). The van der Waals surface area contributed by atoms with Crippen LogP contribution in [0.4, 0.5) is 0 Å². The van der Waals surface area contributed by atoms with Crippen LogP contribution in [0.25, 0.3) is 0 Å². The third-order valence-corrected chi connectivity index (χ3v) is 6.50. The molecule has 1 saturated carbocycles. The molecule has 2 amide bonds. The van der Waals surface area contributed by atoms with E-state index in [0.29, 0.717) is 22.3 Å². The number of rotatable bonds is 8. The molecule has 2 aromatic rings. The van der Waals surface area contributed by atoms with E-state index in [4.69, 9.17) is 27.9 Å². The number of halogens is 2. The summed E-state index contributed by atoms with van der Waals surface area (Å²) in [7, 11) is 0. The van der Waals surface area contributed by atoms with Crippen molar-refractivity contribution in [1.82, 2.24) is 10.2 Å². The van der Waals surface area contributed by atoms with Crippen molar-refractivity contribution in [3.8, 4) is 5.75 Å². The molecular weight excluding hydrogens is 447 g/mol. The smallest absolute Gasteiger partial charge is 0.261 e. The number of carbonyl (C=O) groups is 2. The first kappa shape index (κ1) is 24.4. The van der Waals surface area contributed by atoms with Gasteiger partial charge in [-0.25, -0.2) is 0 Å². The normalized spacial score (nSPS) is 15.1. The summed E-state index contributed by atoms with van der Waals surface area (Å²) in [6.45, 7) is 3.86. The molecule has 0 bridgehead atoms. The lowest BCUT2D eigenvalue weighted by molar-refractivity contribution is -0.142. The standard InChI is InChI=1S/C25H30Cl2N2O3/c1-17-8-6-7-9-19(17)15-29(18(2)25(31)28-21-10-4-3-5-11-21)24(30)16-32-23-13-12-20(26)14-22(23)27/h6-9,12-14,18,21H,3-5,10-11,15-16H2,1-2H3,(H,28,31)/t18-/m0/s1. The Morgan fingerprint density at radius 3 is 2.53 bits per heavy atom. The molecular formula is C25H30Cl2N2O3. The molecule has 32 heavy (non-hydrogen) atoms. The molecule has 0 spiro atoms. The van der Waals surface area contributed by atoms with Crippen LogP contribution in [0, 0.1) is 6.92 Å². The van der Waals surface area contributed by atoms with Gasteiger partial charge in [-0.3, -0.25) is 9.59 Å². The number of carbonyl (C=O) groups excluding carboxylic acids is 2. The van der Waals surface area contributed by atoms with Crippen molar-refractivity contribution < 1.29 is 14.3 Å². The lowest BCUT2D eigenvalue weighted by Crippen LogP contribution is -2.51. The molecule has 7 heteroatoms. The highest BCUT2D eigenvalue weighted by molar-refractivity contribution is 6.35. The Kier molecular flexibility index (Phi) is 8.83. The number of benzene rings is 2. The summed E-state index contributed by atoms with van der Waals surface area (Å²) in [6.07, 6.45) is 5.44. The van der Waals surface area contributed by atoms with Gasteiger partial charge < -0.3 is 15.0 Å². The van der Waals surface area contributed by atoms with Crippen molar-refractivity contribution in [3.63, 3.8) is 0 Å². The van der Waals surface area contributed by atoms with Gasteiger partial charge in [-0.15, -0.1) is 0 Å². The van der Waals surface area contributed by atoms with Crippen molar-refractivity contribution in [1.29, 1.82) is 0 Å². The van der Waals surface area contributed by atoms with Crippen LogP contribution in [0.2, 0.25) is 10.0 Å². The number of hydrogen-bond acceptors (Lipinski definition) is 3. The highest BCUT2D eigenvalue weighted by Gasteiger charge is 2.28. The highest BCUT2D eigenvalue weighted by Crippen LogP contribution is 2.27. The first-order chi connectivity index (χ1) is 15.3. The van der Waals surface area contributed by atoms with E-state index in [1.54, 1.807) is 30.0 Å². The molecule has 1 fully saturated rings. The van der Waals surface area contributed by atoms with E-state index >= 15 is 0 Å². The van der Waals surface area contributed by atoms with Gasteiger partial charge in [0.2, 0.25) is 5.91 Å². The maximum absolute atomic E-state index is 13.2. The average Bonchev–Trinajstić information content (AvgIpc) is 2.78. The Bertz CT molecular complexity index is 945. The van der Waals surface area contributed by atoms with E-state index in [-0.39, 0.29) is 24.5 Å². The van der Waals surface area contributed by atoms with Crippen molar-refractivity contribution in [2.75, 3.05) is 6.61 Å². The second-order valence-electron chi connectivity index (χ2n) is 8.33. The van der Waals surface area contributed by atoms with Gasteiger partial charge in [0.25, 0.3) is 5.91 Å². The number of amides is 2. The zero-order chi connectivity index (χ0) is 23.1. The fourth-order valence-corrected chi connectivity index (χ4v) is 4.40. The summed E-state index contributed by atoms with van der Waals surface area (Å²) < 4.78 is 5.67. The number of nitrogens with one attached hydrogen (secondary N) is 1. The maximum atomic E-state index is 13.2. The Hall–Kier alpha value is -2.24. The second kappa shape index (κ2) is 11.6. The molecule has 172 valence electrons. The molecule has 1 aliphatic carbocycles. The van der Waals surface area contributed by atoms with E-state index in [1.165, 1.54) is 6.42 Å². The largest absolute Gasteiger partial charge is 0.482 e. The molecule has 1 atom stereocenters. The van der Waals surface area contributed by atoms with Gasteiger partial charge in [-0.05, 0) is 56.0 Å². The minimum atomic E-state index is -0.631. The molecule has 0 radical (unpaired) electrons. The minimum Gasteiger partial charge on any atom is -0.482 e. The quantitative estimate of drug-likeness (QED) is 0.543. The van der Waals surface area contributed by atoms with Crippen LogP contribution in [-0.2, 0) is 16.1 Å². The van der Waals surface area contributed by atoms with Crippen LogP contribution in [0.5, 0.6) is 5.75 Å². The third-order valence-electron chi connectivity index (χ3n) is 5.97. The fraction of sp³-hybridized carbons (Fsp3) is 0.440. The van der Waals surface area contributed by atoms with Crippen LogP contribution in [-0.4, -0.2) is 35.4 Å².